The van der Waals surface area contributed by atoms with Crippen LogP contribution < -0.4 is 5.32 Å². The van der Waals surface area contributed by atoms with Gasteiger partial charge in [0.15, 0.2) is 0 Å². The number of pyridine rings is 1. The van der Waals surface area contributed by atoms with Crippen molar-refractivity contribution in [2.24, 2.45) is 0 Å². The summed E-state index contributed by atoms with van der Waals surface area (Å²) in [6.45, 7) is 4.64. The second-order valence-corrected chi connectivity index (χ2v) is 5.53. The number of urea groups is 1. The highest BCUT2D eigenvalue weighted by molar-refractivity contribution is 5.74. The lowest BCUT2D eigenvalue weighted by Crippen LogP contribution is -2.49. The minimum Gasteiger partial charge on any atom is -0.375 e. The first-order valence-corrected chi connectivity index (χ1v) is 7.83. The van der Waals surface area contributed by atoms with Gasteiger partial charge in [0, 0.05) is 38.4 Å². The second-order valence-electron chi connectivity index (χ2n) is 5.53. The van der Waals surface area contributed by atoms with Crippen molar-refractivity contribution in [2.45, 2.75) is 25.9 Å². The van der Waals surface area contributed by atoms with Crippen LogP contribution in [-0.2, 0) is 11.2 Å². The molecule has 0 radical (unpaired) electrons. The molecule has 1 fully saturated rings. The minimum absolute atomic E-state index is 0.00878. The predicted octanol–water partition coefficient (Wildman–Crippen LogP) is 1.70. The first kappa shape index (κ1) is 14.8. The number of morpholine rings is 1. The molecule has 6 heteroatoms. The van der Waals surface area contributed by atoms with Gasteiger partial charge in [-0.3, -0.25) is 0 Å². The maximum atomic E-state index is 12.2. The van der Waals surface area contributed by atoms with E-state index < -0.39 is 0 Å². The third-order valence-electron chi connectivity index (χ3n) is 3.95. The molecule has 0 saturated carbocycles. The van der Waals surface area contributed by atoms with Gasteiger partial charge in [-0.25, -0.2) is 9.78 Å². The number of fused-ring (bicyclic) bond motifs is 1. The quantitative estimate of drug-likeness (QED) is 0.935. The van der Waals surface area contributed by atoms with Crippen LogP contribution in [0.1, 0.15) is 19.0 Å². The fourth-order valence-corrected chi connectivity index (χ4v) is 2.67. The topological polar surface area (TPSA) is 58.9 Å². The van der Waals surface area contributed by atoms with Crippen LogP contribution in [0.3, 0.4) is 0 Å². The molecular weight excluding hydrogens is 280 g/mol. The molecule has 1 aliphatic heterocycles. The number of carbonyl (C=O) groups is 1. The van der Waals surface area contributed by atoms with E-state index in [4.69, 9.17) is 4.74 Å². The number of nitrogens with zero attached hydrogens (tertiary/aromatic N) is 3. The highest BCUT2D eigenvalue weighted by Gasteiger charge is 2.22. The van der Waals surface area contributed by atoms with Crippen molar-refractivity contribution in [3.63, 3.8) is 0 Å². The van der Waals surface area contributed by atoms with E-state index >= 15 is 0 Å². The van der Waals surface area contributed by atoms with E-state index in [1.165, 1.54) is 0 Å². The smallest absolute Gasteiger partial charge is 0.317 e. The number of amides is 2. The molecule has 118 valence electrons. The lowest BCUT2D eigenvalue weighted by molar-refractivity contribution is -0.0153. The summed E-state index contributed by atoms with van der Waals surface area (Å²) >= 11 is 0. The maximum absolute atomic E-state index is 12.2. The SMILES string of the molecule is CC[C@H]1CN(C(=O)NCCc2cn3ccccc3n2)CCO1. The number of hydrogen-bond donors (Lipinski definition) is 1. The van der Waals surface area contributed by atoms with Crippen molar-refractivity contribution in [2.75, 3.05) is 26.2 Å². The Hall–Kier alpha value is -2.08. The van der Waals surface area contributed by atoms with E-state index in [0.29, 0.717) is 26.2 Å². The van der Waals surface area contributed by atoms with Gasteiger partial charge in [0.1, 0.15) is 5.65 Å². The molecule has 3 heterocycles. The van der Waals surface area contributed by atoms with Crippen molar-refractivity contribution >= 4 is 11.7 Å². The van der Waals surface area contributed by atoms with E-state index in [1.807, 2.05) is 39.9 Å². The molecule has 0 aliphatic carbocycles. The zero-order chi connectivity index (χ0) is 15.4. The molecular formula is C16H22N4O2. The molecule has 0 spiro atoms. The molecule has 0 bridgehead atoms. The second kappa shape index (κ2) is 6.79. The van der Waals surface area contributed by atoms with E-state index in [0.717, 1.165) is 24.2 Å². The Morgan fingerprint density at radius 2 is 2.41 bits per heavy atom. The summed E-state index contributed by atoms with van der Waals surface area (Å²) in [4.78, 5) is 18.5. The highest BCUT2D eigenvalue weighted by atomic mass is 16.5. The van der Waals surface area contributed by atoms with Crippen LogP contribution in [0.25, 0.3) is 5.65 Å². The van der Waals surface area contributed by atoms with Crippen LogP contribution in [-0.4, -0.2) is 52.7 Å². The van der Waals surface area contributed by atoms with E-state index in [1.54, 1.807) is 0 Å². The Labute approximate surface area is 130 Å². The van der Waals surface area contributed by atoms with Gasteiger partial charge < -0.3 is 19.4 Å². The lowest BCUT2D eigenvalue weighted by atomic mass is 10.2. The molecule has 0 aromatic carbocycles. The molecule has 0 unspecified atom stereocenters. The summed E-state index contributed by atoms with van der Waals surface area (Å²) in [7, 11) is 0. The summed E-state index contributed by atoms with van der Waals surface area (Å²) in [6.07, 6.45) is 5.81. The standard InChI is InChI=1S/C16H22N4O2/c1-2-14-12-20(9-10-22-14)16(21)17-7-6-13-11-19-8-4-3-5-15(19)18-13/h3-5,8,11,14H,2,6-7,9-10,12H2,1H3,(H,17,21)/t14-/m0/s1. The third-order valence-corrected chi connectivity index (χ3v) is 3.95. The van der Waals surface area contributed by atoms with Gasteiger partial charge in [0.2, 0.25) is 0 Å². The monoisotopic (exact) mass is 302 g/mol. The van der Waals surface area contributed by atoms with Crippen LogP contribution in [0.2, 0.25) is 0 Å². The van der Waals surface area contributed by atoms with E-state index in [9.17, 15) is 4.79 Å². The fourth-order valence-electron chi connectivity index (χ4n) is 2.67. The normalized spacial score (nSPS) is 18.6. The van der Waals surface area contributed by atoms with Gasteiger partial charge in [0.05, 0.1) is 18.4 Å². The number of imidazole rings is 1. The van der Waals surface area contributed by atoms with Gasteiger partial charge in [-0.1, -0.05) is 13.0 Å². The van der Waals surface area contributed by atoms with Crippen molar-refractivity contribution in [3.8, 4) is 0 Å². The van der Waals surface area contributed by atoms with Gasteiger partial charge in [0.25, 0.3) is 0 Å². The Bertz CT molecular complexity index is 607. The Balaban J connectivity index is 1.49. The maximum Gasteiger partial charge on any atom is 0.317 e. The molecule has 22 heavy (non-hydrogen) atoms. The highest BCUT2D eigenvalue weighted by Crippen LogP contribution is 2.08. The molecule has 2 aromatic heterocycles. The largest absolute Gasteiger partial charge is 0.375 e. The van der Waals surface area contributed by atoms with Gasteiger partial charge in [-0.05, 0) is 18.6 Å². The number of nitrogens with one attached hydrogen (secondary N) is 1. The molecule has 1 N–H and O–H groups in total. The average molecular weight is 302 g/mol. The first-order valence-electron chi connectivity index (χ1n) is 7.83. The average Bonchev–Trinajstić information content (AvgIpc) is 2.97. The summed E-state index contributed by atoms with van der Waals surface area (Å²) in [5.41, 5.74) is 1.92. The first-order chi connectivity index (χ1) is 10.8. The number of hydrogen-bond acceptors (Lipinski definition) is 3. The van der Waals surface area contributed by atoms with Crippen molar-refractivity contribution in [1.29, 1.82) is 0 Å². The van der Waals surface area contributed by atoms with Crippen LogP contribution in [0.4, 0.5) is 4.79 Å². The third kappa shape index (κ3) is 3.39. The molecule has 2 aromatic rings. The zero-order valence-corrected chi connectivity index (χ0v) is 12.9. The number of rotatable bonds is 4. The molecule has 1 atom stereocenters. The van der Waals surface area contributed by atoms with Crippen molar-refractivity contribution in [3.05, 3.63) is 36.3 Å². The molecule has 2 amide bonds. The molecule has 1 saturated heterocycles. The summed E-state index contributed by atoms with van der Waals surface area (Å²) < 4.78 is 7.57. The number of carbonyl (C=O) groups excluding carboxylic acids is 1. The van der Waals surface area contributed by atoms with Crippen molar-refractivity contribution < 1.29 is 9.53 Å². The minimum atomic E-state index is -0.00878. The van der Waals surface area contributed by atoms with Crippen molar-refractivity contribution in [1.82, 2.24) is 19.6 Å². The summed E-state index contributed by atoms with van der Waals surface area (Å²) in [5, 5.41) is 2.97. The van der Waals surface area contributed by atoms with Crippen LogP contribution in [0.5, 0.6) is 0 Å². The zero-order valence-electron chi connectivity index (χ0n) is 12.9. The number of aromatic nitrogens is 2. The lowest BCUT2D eigenvalue weighted by Gasteiger charge is -2.32. The Kier molecular flexibility index (Phi) is 4.58. The Morgan fingerprint density at radius 1 is 1.50 bits per heavy atom. The van der Waals surface area contributed by atoms with Crippen LogP contribution in [0.15, 0.2) is 30.6 Å². The summed E-state index contributed by atoms with van der Waals surface area (Å²) in [6, 6.07) is 5.91. The predicted molar refractivity (Wildman–Crippen MR) is 83.9 cm³/mol. The number of ether oxygens (including phenoxy) is 1. The van der Waals surface area contributed by atoms with Crippen LogP contribution in [0, 0.1) is 0 Å². The molecule has 1 aliphatic rings. The van der Waals surface area contributed by atoms with E-state index in [-0.39, 0.29) is 12.1 Å². The van der Waals surface area contributed by atoms with Crippen LogP contribution >= 0.6 is 0 Å². The Morgan fingerprint density at radius 3 is 3.23 bits per heavy atom. The van der Waals surface area contributed by atoms with E-state index in [2.05, 4.69) is 17.2 Å². The summed E-state index contributed by atoms with van der Waals surface area (Å²) in [5.74, 6) is 0. The fraction of sp³-hybridized carbons (Fsp3) is 0.500. The van der Waals surface area contributed by atoms with Gasteiger partial charge in [-0.2, -0.15) is 0 Å². The van der Waals surface area contributed by atoms with Gasteiger partial charge >= 0.3 is 6.03 Å². The van der Waals surface area contributed by atoms with Gasteiger partial charge in [-0.15, -0.1) is 0 Å². The molecule has 3 rings (SSSR count). The molecule has 6 nitrogen and oxygen atoms in total.